The zero-order valence-electron chi connectivity index (χ0n) is 25.0. The average molecular weight is 600 g/mol. The summed E-state index contributed by atoms with van der Waals surface area (Å²) in [6.45, 7) is 6.34. The predicted molar refractivity (Wildman–Crippen MR) is 166 cm³/mol. The number of carbonyl (C=O) groups excluding carboxylic acids is 1. The number of amides is 1. The van der Waals surface area contributed by atoms with Crippen LogP contribution >= 0.6 is 11.3 Å². The van der Waals surface area contributed by atoms with Crippen molar-refractivity contribution in [2.75, 3.05) is 25.0 Å². The van der Waals surface area contributed by atoms with E-state index in [4.69, 9.17) is 9.72 Å². The van der Waals surface area contributed by atoms with Gasteiger partial charge in [0.1, 0.15) is 18.2 Å². The topological polar surface area (TPSA) is 101 Å². The van der Waals surface area contributed by atoms with E-state index in [2.05, 4.69) is 28.3 Å². The van der Waals surface area contributed by atoms with Gasteiger partial charge < -0.3 is 24.2 Å². The fourth-order valence-electron chi connectivity index (χ4n) is 6.48. The second-order valence-corrected chi connectivity index (χ2v) is 12.8. The molecule has 1 saturated carbocycles. The van der Waals surface area contributed by atoms with Gasteiger partial charge in [-0.1, -0.05) is 17.7 Å². The van der Waals surface area contributed by atoms with Crippen molar-refractivity contribution in [3.8, 4) is 17.0 Å². The maximum absolute atomic E-state index is 13.1. The molecule has 9 nitrogen and oxygen atoms in total. The summed E-state index contributed by atoms with van der Waals surface area (Å²) in [6, 6.07) is 11.8. The van der Waals surface area contributed by atoms with Crippen molar-refractivity contribution < 1.29 is 19.4 Å². The number of hydrogen-bond donors (Lipinski definition) is 1. The van der Waals surface area contributed by atoms with Crippen LogP contribution in [0.3, 0.4) is 0 Å². The first-order valence-corrected chi connectivity index (χ1v) is 15.5. The number of fused-ring (bicyclic) bond motifs is 2. The number of carbonyl (C=O) groups is 2. The number of rotatable bonds is 9. The summed E-state index contributed by atoms with van der Waals surface area (Å²) in [4.78, 5) is 38.1. The fourth-order valence-corrected chi connectivity index (χ4v) is 7.33. The summed E-state index contributed by atoms with van der Waals surface area (Å²) in [5, 5.41) is 12.7. The molecule has 3 atom stereocenters. The average Bonchev–Trinajstić information content (AvgIpc) is 3.70. The summed E-state index contributed by atoms with van der Waals surface area (Å²) < 4.78 is 8.27. The molecule has 1 amide bonds. The van der Waals surface area contributed by atoms with E-state index in [1.807, 2.05) is 55.1 Å². The highest BCUT2D eigenvalue weighted by Crippen LogP contribution is 2.44. The highest BCUT2D eigenvalue weighted by Gasteiger charge is 2.46. The normalized spacial score (nSPS) is 19.4. The third kappa shape index (κ3) is 5.88. The van der Waals surface area contributed by atoms with E-state index < -0.39 is 5.97 Å². The van der Waals surface area contributed by atoms with Crippen molar-refractivity contribution in [3.63, 3.8) is 0 Å². The first-order valence-electron chi connectivity index (χ1n) is 14.7. The second kappa shape index (κ2) is 11.8. The molecule has 2 aromatic heterocycles. The van der Waals surface area contributed by atoms with Gasteiger partial charge in [0, 0.05) is 56.1 Å². The Kier molecular flexibility index (Phi) is 7.96. The molecular weight excluding hydrogens is 562 g/mol. The molecule has 1 saturated heterocycles. The third-order valence-electron chi connectivity index (χ3n) is 8.91. The number of hydrogen-bond acceptors (Lipinski definition) is 7. The number of anilines is 1. The van der Waals surface area contributed by atoms with Crippen LogP contribution in [0.5, 0.6) is 5.75 Å². The minimum Gasteiger partial charge on any atom is -0.488 e. The number of piperidine rings is 1. The van der Waals surface area contributed by atoms with E-state index in [1.165, 1.54) is 0 Å². The Hall–Kier alpha value is -4.18. The first kappa shape index (κ1) is 28.9. The highest BCUT2D eigenvalue weighted by atomic mass is 32.1. The Morgan fingerprint density at radius 1 is 1.12 bits per heavy atom. The largest absolute Gasteiger partial charge is 0.488 e. The van der Waals surface area contributed by atoms with Gasteiger partial charge in [-0.3, -0.25) is 9.59 Å². The van der Waals surface area contributed by atoms with E-state index in [0.717, 1.165) is 70.6 Å². The number of aryl methyl sites for hydroxylation is 3. The smallest absolute Gasteiger partial charge is 0.307 e. The standard InChI is InChI=1S/C33H37N5O4S/c1-20-5-10-28(26(13-20)27-19-43-33(35-27)38-15-23-7-8-24(16-38)30(23)32(40)41)42-18-25-9-6-22(14-21(25)2)31(39)37(4)17-29-34-11-12-36(29)3/h5-6,9-14,19,23-24,30H,7-8,15-18H2,1-4H3,(H,40,41)/t23-,24+,30?. The summed E-state index contributed by atoms with van der Waals surface area (Å²) in [5.74, 6) is 1.02. The zero-order chi connectivity index (χ0) is 30.2. The Bertz CT molecular complexity index is 1650. The van der Waals surface area contributed by atoms with Gasteiger partial charge in [0.25, 0.3) is 5.91 Å². The van der Waals surface area contributed by atoms with Gasteiger partial charge in [0.2, 0.25) is 0 Å². The molecule has 3 heterocycles. The number of aliphatic carboxylic acids is 1. The lowest BCUT2D eigenvalue weighted by Gasteiger charge is -2.35. The number of aromatic nitrogens is 3. The van der Waals surface area contributed by atoms with Crippen LogP contribution < -0.4 is 9.64 Å². The highest BCUT2D eigenvalue weighted by molar-refractivity contribution is 7.14. The maximum Gasteiger partial charge on any atom is 0.307 e. The van der Waals surface area contributed by atoms with Crippen LogP contribution in [0.25, 0.3) is 11.3 Å². The second-order valence-electron chi connectivity index (χ2n) is 11.9. The van der Waals surface area contributed by atoms with Crippen molar-refractivity contribution in [2.45, 2.75) is 39.8 Å². The van der Waals surface area contributed by atoms with E-state index in [-0.39, 0.29) is 23.7 Å². The zero-order valence-corrected chi connectivity index (χ0v) is 25.8. The van der Waals surface area contributed by atoms with Gasteiger partial charge in [-0.2, -0.15) is 0 Å². The molecule has 224 valence electrons. The Morgan fingerprint density at radius 2 is 1.88 bits per heavy atom. The van der Waals surface area contributed by atoms with E-state index >= 15 is 0 Å². The van der Waals surface area contributed by atoms with Crippen molar-refractivity contribution in [3.05, 3.63) is 82.3 Å². The van der Waals surface area contributed by atoms with Gasteiger partial charge in [0.05, 0.1) is 18.2 Å². The molecule has 1 unspecified atom stereocenters. The lowest BCUT2D eigenvalue weighted by Crippen LogP contribution is -2.44. The molecule has 2 fully saturated rings. The minimum absolute atomic E-state index is 0.0566. The van der Waals surface area contributed by atoms with Crippen molar-refractivity contribution in [1.82, 2.24) is 19.4 Å². The molecular formula is C33H37N5O4S. The minimum atomic E-state index is -0.655. The number of ether oxygens (including phenoxy) is 1. The predicted octanol–water partition coefficient (Wildman–Crippen LogP) is 5.56. The van der Waals surface area contributed by atoms with Crippen LogP contribution in [0.4, 0.5) is 5.13 Å². The van der Waals surface area contributed by atoms with E-state index in [9.17, 15) is 14.7 Å². The van der Waals surface area contributed by atoms with Crippen molar-refractivity contribution >= 4 is 28.3 Å². The molecule has 4 aromatic rings. The SMILES string of the molecule is Cc1ccc(OCc2ccc(C(=O)N(C)Cc3nccn3C)cc2C)c(-c2csc(N3C[C@H]4CC[C@@H](C3)C4C(=O)O)n2)c1. The molecule has 0 spiro atoms. The Balaban J connectivity index is 1.14. The van der Waals surface area contributed by atoms with Crippen LogP contribution in [0.15, 0.2) is 54.2 Å². The number of carboxylic acid groups (broad SMARTS) is 1. The third-order valence-corrected chi connectivity index (χ3v) is 9.81. The van der Waals surface area contributed by atoms with Crippen LogP contribution in [0, 0.1) is 31.6 Å². The molecule has 6 rings (SSSR count). The molecule has 2 bridgehead atoms. The van der Waals surface area contributed by atoms with Gasteiger partial charge in [0.15, 0.2) is 5.13 Å². The number of carboxylic acids is 1. The van der Waals surface area contributed by atoms with Gasteiger partial charge in [-0.15, -0.1) is 11.3 Å². The lowest BCUT2D eigenvalue weighted by atomic mass is 9.85. The number of thiazole rings is 1. The van der Waals surface area contributed by atoms with Gasteiger partial charge in [-0.25, -0.2) is 9.97 Å². The molecule has 10 heteroatoms. The quantitative estimate of drug-likeness (QED) is 0.269. The molecule has 0 radical (unpaired) electrons. The molecule has 43 heavy (non-hydrogen) atoms. The molecule has 1 N–H and O–H groups in total. The first-order chi connectivity index (χ1) is 20.7. The molecule has 2 aromatic carbocycles. The molecule has 1 aliphatic carbocycles. The lowest BCUT2D eigenvalue weighted by molar-refractivity contribution is -0.144. The van der Waals surface area contributed by atoms with Crippen molar-refractivity contribution in [1.29, 1.82) is 0 Å². The molecule has 2 aliphatic rings. The Morgan fingerprint density at radius 3 is 2.56 bits per heavy atom. The maximum atomic E-state index is 13.1. The van der Waals surface area contributed by atoms with Gasteiger partial charge in [-0.05, 0) is 73.9 Å². The van der Waals surface area contributed by atoms with E-state index in [0.29, 0.717) is 18.7 Å². The number of imidazole rings is 1. The van der Waals surface area contributed by atoms with Crippen molar-refractivity contribution in [2.24, 2.45) is 24.8 Å². The monoisotopic (exact) mass is 599 g/mol. The Labute approximate surface area is 255 Å². The van der Waals surface area contributed by atoms with Crippen LogP contribution in [0.1, 0.15) is 45.7 Å². The fraction of sp³-hybridized carbons (Fsp3) is 0.394. The van der Waals surface area contributed by atoms with E-state index in [1.54, 1.807) is 29.5 Å². The summed E-state index contributed by atoms with van der Waals surface area (Å²) in [5.41, 5.74) is 5.53. The summed E-state index contributed by atoms with van der Waals surface area (Å²) >= 11 is 1.60. The number of benzene rings is 2. The number of nitrogens with zero attached hydrogens (tertiary/aromatic N) is 5. The van der Waals surface area contributed by atoms with Gasteiger partial charge >= 0.3 is 5.97 Å². The summed E-state index contributed by atoms with van der Waals surface area (Å²) in [7, 11) is 3.71. The van der Waals surface area contributed by atoms with Crippen LogP contribution in [-0.4, -0.2) is 56.6 Å². The van der Waals surface area contributed by atoms with Crippen LogP contribution in [0.2, 0.25) is 0 Å². The summed E-state index contributed by atoms with van der Waals surface area (Å²) in [6.07, 6.45) is 5.55. The van der Waals surface area contributed by atoms with Crippen LogP contribution in [-0.2, 0) is 25.0 Å². The molecule has 1 aliphatic heterocycles.